The van der Waals surface area contributed by atoms with Gasteiger partial charge in [0.25, 0.3) is 5.91 Å². The minimum absolute atomic E-state index is 0.158. The molecular formula is C23H22N4O. The summed E-state index contributed by atoms with van der Waals surface area (Å²) in [5, 5.41) is 7.45. The first-order valence-electron chi connectivity index (χ1n) is 9.36. The van der Waals surface area contributed by atoms with Crippen LogP contribution in [0.4, 0.5) is 5.69 Å². The molecule has 28 heavy (non-hydrogen) atoms. The van der Waals surface area contributed by atoms with Gasteiger partial charge in [0.05, 0.1) is 11.9 Å². The fourth-order valence-corrected chi connectivity index (χ4v) is 3.17. The number of nitrogens with zero attached hydrogens (tertiary/aromatic N) is 1. The maximum Gasteiger partial charge on any atom is 0.269 e. The highest BCUT2D eigenvalue weighted by Gasteiger charge is 2.08. The van der Waals surface area contributed by atoms with Crippen LogP contribution in [-0.4, -0.2) is 22.4 Å². The number of fused-ring (bicyclic) bond motifs is 1. The van der Waals surface area contributed by atoms with E-state index in [1.165, 1.54) is 16.5 Å². The zero-order valence-corrected chi connectivity index (χ0v) is 15.5. The van der Waals surface area contributed by atoms with E-state index in [-0.39, 0.29) is 5.91 Å². The lowest BCUT2D eigenvalue weighted by molar-refractivity contribution is 0.0949. The van der Waals surface area contributed by atoms with Crippen LogP contribution < -0.4 is 10.6 Å². The van der Waals surface area contributed by atoms with E-state index in [4.69, 9.17) is 0 Å². The Hall–Kier alpha value is -3.60. The molecule has 4 aromatic rings. The van der Waals surface area contributed by atoms with Crippen LogP contribution in [0.15, 0.2) is 79.1 Å². The molecule has 5 nitrogen and oxygen atoms in total. The summed E-state index contributed by atoms with van der Waals surface area (Å²) in [6, 6.07) is 21.9. The van der Waals surface area contributed by atoms with Crippen LogP contribution in [0.3, 0.4) is 0 Å². The van der Waals surface area contributed by atoms with Crippen LogP contribution >= 0.6 is 0 Å². The Morgan fingerprint density at radius 2 is 1.79 bits per heavy atom. The Balaban J connectivity index is 1.28. The van der Waals surface area contributed by atoms with E-state index in [0.29, 0.717) is 12.2 Å². The van der Waals surface area contributed by atoms with Gasteiger partial charge in [-0.2, -0.15) is 0 Å². The van der Waals surface area contributed by atoms with Gasteiger partial charge >= 0.3 is 0 Å². The molecule has 0 aliphatic carbocycles. The van der Waals surface area contributed by atoms with Crippen LogP contribution in [0.1, 0.15) is 21.6 Å². The maximum absolute atomic E-state index is 12.3. The Morgan fingerprint density at radius 3 is 2.61 bits per heavy atom. The summed E-state index contributed by atoms with van der Waals surface area (Å²) in [7, 11) is 0. The molecule has 0 aliphatic rings. The lowest BCUT2D eigenvalue weighted by Crippen LogP contribution is -2.26. The quantitative estimate of drug-likeness (QED) is 0.458. The van der Waals surface area contributed by atoms with E-state index in [1.54, 1.807) is 12.3 Å². The van der Waals surface area contributed by atoms with Crippen LogP contribution in [0.5, 0.6) is 0 Å². The number of carbonyl (C=O) groups excluding carboxylic acids is 1. The summed E-state index contributed by atoms with van der Waals surface area (Å²) in [4.78, 5) is 19.9. The second-order valence-electron chi connectivity index (χ2n) is 6.64. The Kier molecular flexibility index (Phi) is 5.33. The number of aromatic nitrogens is 2. The zero-order chi connectivity index (χ0) is 19.2. The molecule has 2 aromatic carbocycles. The van der Waals surface area contributed by atoms with Crippen LogP contribution in [-0.2, 0) is 13.0 Å². The molecule has 140 valence electrons. The fourth-order valence-electron chi connectivity index (χ4n) is 3.17. The van der Waals surface area contributed by atoms with Crippen molar-refractivity contribution in [3.8, 4) is 0 Å². The van der Waals surface area contributed by atoms with Gasteiger partial charge in [0, 0.05) is 30.2 Å². The van der Waals surface area contributed by atoms with Gasteiger partial charge in [0.2, 0.25) is 0 Å². The SMILES string of the molecule is O=C(NCCc1c[nH]c2ccccc12)c1ccc(NCc2ccccc2)cn1. The number of hydrogen-bond donors (Lipinski definition) is 3. The Bertz CT molecular complexity index is 1050. The Morgan fingerprint density at radius 1 is 0.964 bits per heavy atom. The molecule has 5 heteroatoms. The Labute approximate surface area is 163 Å². The van der Waals surface area contributed by atoms with E-state index in [0.717, 1.165) is 24.2 Å². The third-order valence-corrected chi connectivity index (χ3v) is 4.69. The topological polar surface area (TPSA) is 69.8 Å². The second-order valence-corrected chi connectivity index (χ2v) is 6.64. The van der Waals surface area contributed by atoms with Crippen LogP contribution in [0, 0.1) is 0 Å². The van der Waals surface area contributed by atoms with Crippen molar-refractivity contribution in [1.29, 1.82) is 0 Å². The molecule has 0 atom stereocenters. The van der Waals surface area contributed by atoms with Crippen molar-refractivity contribution < 1.29 is 4.79 Å². The van der Waals surface area contributed by atoms with Gasteiger partial charge in [-0.05, 0) is 35.7 Å². The number of anilines is 1. The summed E-state index contributed by atoms with van der Waals surface area (Å²) < 4.78 is 0. The average molecular weight is 370 g/mol. The molecule has 3 N–H and O–H groups in total. The van der Waals surface area contributed by atoms with E-state index in [1.807, 2.05) is 42.6 Å². The number of para-hydroxylation sites is 1. The van der Waals surface area contributed by atoms with Crippen molar-refractivity contribution in [1.82, 2.24) is 15.3 Å². The third kappa shape index (κ3) is 4.20. The lowest BCUT2D eigenvalue weighted by Gasteiger charge is -2.08. The molecule has 0 radical (unpaired) electrons. The molecule has 0 spiro atoms. The first-order valence-corrected chi connectivity index (χ1v) is 9.36. The van der Waals surface area contributed by atoms with E-state index in [9.17, 15) is 4.79 Å². The molecule has 0 saturated carbocycles. The number of rotatable bonds is 7. The minimum atomic E-state index is -0.158. The number of carbonyl (C=O) groups is 1. The van der Waals surface area contributed by atoms with Gasteiger partial charge in [0.1, 0.15) is 5.69 Å². The predicted molar refractivity (Wildman–Crippen MR) is 112 cm³/mol. The molecule has 4 rings (SSSR count). The number of aromatic amines is 1. The number of pyridine rings is 1. The largest absolute Gasteiger partial charge is 0.380 e. The van der Waals surface area contributed by atoms with Gasteiger partial charge in [-0.15, -0.1) is 0 Å². The van der Waals surface area contributed by atoms with Gasteiger partial charge in [0.15, 0.2) is 0 Å². The lowest BCUT2D eigenvalue weighted by atomic mass is 10.1. The molecule has 0 aliphatic heterocycles. The molecule has 2 aromatic heterocycles. The third-order valence-electron chi connectivity index (χ3n) is 4.69. The second kappa shape index (κ2) is 8.39. The molecular weight excluding hydrogens is 348 g/mol. The van der Waals surface area contributed by atoms with Crippen molar-refractivity contribution >= 4 is 22.5 Å². The van der Waals surface area contributed by atoms with Crippen LogP contribution in [0.2, 0.25) is 0 Å². The number of hydrogen-bond acceptors (Lipinski definition) is 3. The van der Waals surface area contributed by atoms with Crippen LogP contribution in [0.25, 0.3) is 10.9 Å². The van der Waals surface area contributed by atoms with Crippen molar-refractivity contribution in [2.24, 2.45) is 0 Å². The maximum atomic E-state index is 12.3. The first-order chi connectivity index (χ1) is 13.8. The highest BCUT2D eigenvalue weighted by Crippen LogP contribution is 2.17. The fraction of sp³-hybridized carbons (Fsp3) is 0.130. The predicted octanol–water partition coefficient (Wildman–Crippen LogP) is 4.15. The van der Waals surface area contributed by atoms with Crippen molar-refractivity contribution in [3.05, 3.63) is 95.9 Å². The number of H-pyrrole nitrogens is 1. The monoisotopic (exact) mass is 370 g/mol. The number of benzene rings is 2. The van der Waals surface area contributed by atoms with E-state index in [2.05, 4.69) is 44.9 Å². The number of amides is 1. The summed E-state index contributed by atoms with van der Waals surface area (Å²) in [6.07, 6.45) is 4.46. The van der Waals surface area contributed by atoms with Crippen molar-refractivity contribution in [2.75, 3.05) is 11.9 Å². The smallest absolute Gasteiger partial charge is 0.269 e. The van der Waals surface area contributed by atoms with Gasteiger partial charge in [-0.3, -0.25) is 4.79 Å². The molecule has 1 amide bonds. The molecule has 0 saturated heterocycles. The normalized spacial score (nSPS) is 10.7. The van der Waals surface area contributed by atoms with E-state index < -0.39 is 0 Å². The summed E-state index contributed by atoms with van der Waals surface area (Å²) in [5.74, 6) is -0.158. The summed E-state index contributed by atoms with van der Waals surface area (Å²) >= 11 is 0. The molecule has 2 heterocycles. The molecule has 0 fully saturated rings. The highest BCUT2D eigenvalue weighted by atomic mass is 16.1. The summed E-state index contributed by atoms with van der Waals surface area (Å²) in [5.41, 5.74) is 4.82. The zero-order valence-electron chi connectivity index (χ0n) is 15.5. The first kappa shape index (κ1) is 17.8. The average Bonchev–Trinajstić information content (AvgIpc) is 3.16. The summed E-state index contributed by atoms with van der Waals surface area (Å²) in [6.45, 7) is 1.29. The van der Waals surface area contributed by atoms with Gasteiger partial charge < -0.3 is 15.6 Å². The molecule has 0 bridgehead atoms. The minimum Gasteiger partial charge on any atom is -0.380 e. The van der Waals surface area contributed by atoms with Gasteiger partial charge in [-0.25, -0.2) is 4.98 Å². The van der Waals surface area contributed by atoms with Crippen molar-refractivity contribution in [3.63, 3.8) is 0 Å². The van der Waals surface area contributed by atoms with Crippen molar-refractivity contribution in [2.45, 2.75) is 13.0 Å². The standard InChI is InChI=1S/C23H22N4O/c28-23(24-13-12-18-15-26-21-9-5-4-8-20(18)21)22-11-10-19(16-27-22)25-14-17-6-2-1-3-7-17/h1-11,15-16,25-26H,12-14H2,(H,24,28). The van der Waals surface area contributed by atoms with Gasteiger partial charge in [-0.1, -0.05) is 48.5 Å². The highest BCUT2D eigenvalue weighted by molar-refractivity contribution is 5.92. The molecule has 0 unspecified atom stereocenters. The number of nitrogens with one attached hydrogen (secondary N) is 3. The van der Waals surface area contributed by atoms with E-state index >= 15 is 0 Å².